The van der Waals surface area contributed by atoms with Crippen molar-refractivity contribution in [3.8, 4) is 5.88 Å². The van der Waals surface area contributed by atoms with E-state index in [4.69, 9.17) is 4.74 Å². The summed E-state index contributed by atoms with van der Waals surface area (Å²) in [7, 11) is 0. The molecule has 0 aliphatic heterocycles. The zero-order chi connectivity index (χ0) is 12.8. The summed E-state index contributed by atoms with van der Waals surface area (Å²) in [6.07, 6.45) is 9.13. The van der Waals surface area contributed by atoms with Crippen LogP contribution in [0.15, 0.2) is 12.4 Å². The minimum absolute atomic E-state index is 0.278. The van der Waals surface area contributed by atoms with Gasteiger partial charge in [0.2, 0.25) is 5.88 Å². The van der Waals surface area contributed by atoms with Gasteiger partial charge in [0.1, 0.15) is 11.9 Å². The van der Waals surface area contributed by atoms with E-state index in [0.29, 0.717) is 18.2 Å². The van der Waals surface area contributed by atoms with Gasteiger partial charge in [-0.15, -0.1) is 0 Å². The SMILES string of the molecule is CC(O)CNc1cncc(OC2CCCCC2)n1. The van der Waals surface area contributed by atoms with Crippen molar-refractivity contribution in [1.82, 2.24) is 9.97 Å². The molecule has 1 aromatic rings. The number of nitrogens with zero attached hydrogens (tertiary/aromatic N) is 2. The highest BCUT2D eigenvalue weighted by Crippen LogP contribution is 2.22. The molecule has 0 aromatic carbocycles. The second kappa shape index (κ2) is 6.54. The van der Waals surface area contributed by atoms with E-state index >= 15 is 0 Å². The number of rotatable bonds is 5. The van der Waals surface area contributed by atoms with Crippen LogP contribution in [0.25, 0.3) is 0 Å². The first-order valence-electron chi connectivity index (χ1n) is 6.64. The first-order chi connectivity index (χ1) is 8.74. The van der Waals surface area contributed by atoms with Crippen LogP contribution in [0.2, 0.25) is 0 Å². The van der Waals surface area contributed by atoms with Gasteiger partial charge in [0.15, 0.2) is 0 Å². The monoisotopic (exact) mass is 251 g/mol. The molecule has 1 aliphatic rings. The molecule has 0 amide bonds. The van der Waals surface area contributed by atoms with E-state index in [-0.39, 0.29) is 6.10 Å². The number of nitrogens with one attached hydrogen (secondary N) is 1. The topological polar surface area (TPSA) is 67.3 Å². The summed E-state index contributed by atoms with van der Waals surface area (Å²) in [6, 6.07) is 0. The number of hydrogen-bond acceptors (Lipinski definition) is 5. The van der Waals surface area contributed by atoms with Gasteiger partial charge in [-0.2, -0.15) is 4.98 Å². The van der Waals surface area contributed by atoms with Gasteiger partial charge >= 0.3 is 0 Å². The highest BCUT2D eigenvalue weighted by atomic mass is 16.5. The second-order valence-electron chi connectivity index (χ2n) is 4.85. The predicted octanol–water partition coefficient (Wildman–Crippen LogP) is 1.98. The minimum Gasteiger partial charge on any atom is -0.473 e. The van der Waals surface area contributed by atoms with Crippen molar-refractivity contribution in [2.24, 2.45) is 0 Å². The molecule has 0 saturated heterocycles. The first-order valence-corrected chi connectivity index (χ1v) is 6.64. The smallest absolute Gasteiger partial charge is 0.234 e. The molecule has 1 fully saturated rings. The highest BCUT2D eigenvalue weighted by molar-refractivity contribution is 5.33. The van der Waals surface area contributed by atoms with Crippen molar-refractivity contribution in [3.05, 3.63) is 12.4 Å². The molecular weight excluding hydrogens is 230 g/mol. The van der Waals surface area contributed by atoms with Crippen molar-refractivity contribution in [3.63, 3.8) is 0 Å². The Morgan fingerprint density at radius 1 is 1.39 bits per heavy atom. The van der Waals surface area contributed by atoms with Gasteiger partial charge in [-0.05, 0) is 32.6 Å². The van der Waals surface area contributed by atoms with Gasteiger partial charge in [-0.25, -0.2) is 0 Å². The van der Waals surface area contributed by atoms with E-state index < -0.39 is 6.10 Å². The van der Waals surface area contributed by atoms with E-state index in [9.17, 15) is 5.11 Å². The molecule has 5 nitrogen and oxygen atoms in total. The Kier molecular flexibility index (Phi) is 4.75. The van der Waals surface area contributed by atoms with Crippen molar-refractivity contribution in [1.29, 1.82) is 0 Å². The van der Waals surface area contributed by atoms with Gasteiger partial charge < -0.3 is 15.2 Å². The fourth-order valence-corrected chi connectivity index (χ4v) is 2.10. The Balaban J connectivity index is 1.89. The Labute approximate surface area is 108 Å². The molecule has 0 radical (unpaired) electrons. The molecule has 2 rings (SSSR count). The average molecular weight is 251 g/mol. The second-order valence-corrected chi connectivity index (χ2v) is 4.85. The molecule has 100 valence electrons. The maximum absolute atomic E-state index is 9.20. The third-order valence-electron chi connectivity index (χ3n) is 3.03. The molecular formula is C13H21N3O2. The molecule has 1 aliphatic carbocycles. The van der Waals surface area contributed by atoms with Crippen LogP contribution in [0.3, 0.4) is 0 Å². The predicted molar refractivity (Wildman–Crippen MR) is 69.7 cm³/mol. The average Bonchev–Trinajstić information content (AvgIpc) is 2.38. The first kappa shape index (κ1) is 13.1. The third-order valence-corrected chi connectivity index (χ3v) is 3.03. The lowest BCUT2D eigenvalue weighted by atomic mass is 9.98. The number of aromatic nitrogens is 2. The lowest BCUT2D eigenvalue weighted by molar-refractivity contribution is 0.148. The summed E-state index contributed by atoms with van der Waals surface area (Å²) in [5.41, 5.74) is 0. The van der Waals surface area contributed by atoms with Gasteiger partial charge in [0, 0.05) is 6.54 Å². The Morgan fingerprint density at radius 3 is 2.89 bits per heavy atom. The highest BCUT2D eigenvalue weighted by Gasteiger charge is 2.15. The van der Waals surface area contributed by atoms with Crippen LogP contribution in [-0.2, 0) is 0 Å². The minimum atomic E-state index is -0.408. The third kappa shape index (κ3) is 4.14. The fourth-order valence-electron chi connectivity index (χ4n) is 2.10. The number of aliphatic hydroxyl groups is 1. The number of ether oxygens (including phenoxy) is 1. The molecule has 1 atom stereocenters. The van der Waals surface area contributed by atoms with Gasteiger partial charge in [0.05, 0.1) is 18.5 Å². The number of hydrogen-bond donors (Lipinski definition) is 2. The van der Waals surface area contributed by atoms with Crippen LogP contribution in [0.4, 0.5) is 5.82 Å². The maximum Gasteiger partial charge on any atom is 0.234 e. The van der Waals surface area contributed by atoms with E-state index in [1.807, 2.05) is 0 Å². The standard InChI is InChI=1S/C13H21N3O2/c1-10(17)7-15-12-8-14-9-13(16-12)18-11-5-3-2-4-6-11/h8-11,17H,2-7H2,1H3,(H,15,16). The van der Waals surface area contributed by atoms with Gasteiger partial charge in [0.25, 0.3) is 0 Å². The van der Waals surface area contributed by atoms with E-state index in [1.165, 1.54) is 19.3 Å². The summed E-state index contributed by atoms with van der Waals surface area (Å²) in [5, 5.41) is 12.2. The molecule has 0 spiro atoms. The van der Waals surface area contributed by atoms with Crippen LogP contribution >= 0.6 is 0 Å². The molecule has 2 N–H and O–H groups in total. The van der Waals surface area contributed by atoms with Crippen LogP contribution in [0.5, 0.6) is 5.88 Å². The Morgan fingerprint density at radius 2 is 2.17 bits per heavy atom. The maximum atomic E-state index is 9.20. The molecule has 1 heterocycles. The Bertz CT molecular complexity index is 365. The molecule has 1 aromatic heterocycles. The van der Waals surface area contributed by atoms with Crippen molar-refractivity contribution in [2.45, 2.75) is 51.2 Å². The van der Waals surface area contributed by atoms with Crippen LogP contribution in [-0.4, -0.2) is 33.8 Å². The number of anilines is 1. The largest absolute Gasteiger partial charge is 0.473 e. The quantitative estimate of drug-likeness (QED) is 0.837. The van der Waals surface area contributed by atoms with Crippen molar-refractivity contribution < 1.29 is 9.84 Å². The zero-order valence-corrected chi connectivity index (χ0v) is 10.8. The van der Waals surface area contributed by atoms with Crippen molar-refractivity contribution in [2.75, 3.05) is 11.9 Å². The van der Waals surface area contributed by atoms with Crippen LogP contribution < -0.4 is 10.1 Å². The van der Waals surface area contributed by atoms with E-state index in [0.717, 1.165) is 12.8 Å². The summed E-state index contributed by atoms with van der Waals surface area (Å²) in [4.78, 5) is 8.43. The van der Waals surface area contributed by atoms with Crippen LogP contribution in [0, 0.1) is 0 Å². The number of aliphatic hydroxyl groups excluding tert-OH is 1. The Hall–Kier alpha value is -1.36. The fraction of sp³-hybridized carbons (Fsp3) is 0.692. The van der Waals surface area contributed by atoms with Crippen LogP contribution in [0.1, 0.15) is 39.0 Å². The summed E-state index contributed by atoms with van der Waals surface area (Å²) in [5.74, 6) is 1.21. The summed E-state index contributed by atoms with van der Waals surface area (Å²) >= 11 is 0. The van der Waals surface area contributed by atoms with E-state index in [2.05, 4.69) is 15.3 Å². The molecule has 1 saturated carbocycles. The molecule has 0 bridgehead atoms. The van der Waals surface area contributed by atoms with E-state index in [1.54, 1.807) is 19.3 Å². The van der Waals surface area contributed by atoms with Gasteiger partial charge in [-0.3, -0.25) is 4.98 Å². The summed E-state index contributed by atoms with van der Waals surface area (Å²) in [6.45, 7) is 2.18. The molecule has 1 unspecified atom stereocenters. The molecule has 5 heteroatoms. The van der Waals surface area contributed by atoms with Gasteiger partial charge in [-0.1, -0.05) is 6.42 Å². The lowest BCUT2D eigenvalue weighted by Gasteiger charge is -2.22. The summed E-state index contributed by atoms with van der Waals surface area (Å²) < 4.78 is 5.83. The lowest BCUT2D eigenvalue weighted by Crippen LogP contribution is -2.21. The molecule has 18 heavy (non-hydrogen) atoms. The zero-order valence-electron chi connectivity index (χ0n) is 10.8. The van der Waals surface area contributed by atoms with Crippen molar-refractivity contribution >= 4 is 5.82 Å². The normalized spacial score (nSPS) is 18.3.